The van der Waals surface area contributed by atoms with E-state index in [0.717, 1.165) is 6.42 Å². The van der Waals surface area contributed by atoms with Crippen LogP contribution in [0.2, 0.25) is 0 Å². The molecule has 0 aliphatic rings. The number of rotatable bonds is 6. The lowest BCUT2D eigenvalue weighted by Gasteiger charge is -2.18. The third-order valence-electron chi connectivity index (χ3n) is 4.11. The fraction of sp³-hybridized carbons (Fsp3) is 0.389. The molecule has 0 bridgehead atoms. The second-order valence-corrected chi connectivity index (χ2v) is 6.61. The molecule has 0 saturated heterocycles. The molecule has 142 valence electrons. The summed E-state index contributed by atoms with van der Waals surface area (Å²) in [6.07, 6.45) is 1.42. The number of H-pyrrole nitrogens is 1. The van der Waals surface area contributed by atoms with Crippen molar-refractivity contribution in [1.82, 2.24) is 30.2 Å². The lowest BCUT2D eigenvalue weighted by molar-refractivity contribution is 0.0535. The fourth-order valence-electron chi connectivity index (χ4n) is 2.96. The van der Waals surface area contributed by atoms with Gasteiger partial charge >= 0.3 is 5.97 Å². The van der Waals surface area contributed by atoms with Crippen LogP contribution in [-0.2, 0) is 16.8 Å². The average Bonchev–Trinajstić information content (AvgIpc) is 3.29. The van der Waals surface area contributed by atoms with Crippen molar-refractivity contribution in [2.24, 2.45) is 0 Å². The molecule has 0 aliphatic heterocycles. The molecule has 3 aromatic rings. The Bertz CT molecular complexity index is 941. The topological polar surface area (TPSA) is 119 Å². The minimum atomic E-state index is -1.32. The average molecular weight is 370 g/mol. The number of nitrogens with zero attached hydrogens (tertiary/aromatic N) is 5. The third kappa shape index (κ3) is 3.45. The lowest BCUT2D eigenvalue weighted by atomic mass is 10.0. The molecule has 27 heavy (non-hydrogen) atoms. The van der Waals surface area contributed by atoms with Gasteiger partial charge in [0.05, 0.1) is 12.8 Å². The van der Waals surface area contributed by atoms with E-state index >= 15 is 0 Å². The van der Waals surface area contributed by atoms with Crippen molar-refractivity contribution in [3.05, 3.63) is 41.5 Å². The van der Waals surface area contributed by atoms with Crippen molar-refractivity contribution in [2.45, 2.75) is 39.2 Å². The summed E-state index contributed by atoms with van der Waals surface area (Å²) >= 11 is 0. The first kappa shape index (κ1) is 18.7. The van der Waals surface area contributed by atoms with E-state index in [-0.39, 0.29) is 11.4 Å². The van der Waals surface area contributed by atoms with E-state index in [0.29, 0.717) is 29.3 Å². The Balaban J connectivity index is 2.36. The van der Waals surface area contributed by atoms with E-state index in [1.807, 2.05) is 31.2 Å². The van der Waals surface area contributed by atoms with Crippen LogP contribution in [0, 0.1) is 0 Å². The molecule has 2 N–H and O–H groups in total. The van der Waals surface area contributed by atoms with Crippen LogP contribution in [0.15, 0.2) is 24.3 Å². The van der Waals surface area contributed by atoms with Crippen LogP contribution in [0.3, 0.4) is 0 Å². The molecule has 0 amide bonds. The molecule has 3 rings (SSSR count). The highest BCUT2D eigenvalue weighted by atomic mass is 16.5. The molecule has 0 unspecified atom stereocenters. The van der Waals surface area contributed by atoms with E-state index in [1.165, 1.54) is 7.11 Å². The van der Waals surface area contributed by atoms with Crippen molar-refractivity contribution in [2.75, 3.05) is 7.11 Å². The number of esters is 1. The summed E-state index contributed by atoms with van der Waals surface area (Å²) in [5, 5.41) is 24.8. The summed E-state index contributed by atoms with van der Waals surface area (Å²) in [4.78, 5) is 17.2. The Morgan fingerprint density at radius 2 is 2.07 bits per heavy atom. The Labute approximate surface area is 156 Å². The highest BCUT2D eigenvalue weighted by molar-refractivity contribution is 5.90. The standard InChI is InChI=1S/C18H22N6O3/c1-5-8-13-19-15(18(2,3)26)14(17(25)27-4)24(13)12-10-7-6-9-11(12)16-20-22-23-21-16/h6-7,9-10,26H,5,8H2,1-4H3,(H,20,21,22,23). The Morgan fingerprint density at radius 3 is 2.67 bits per heavy atom. The zero-order chi connectivity index (χ0) is 19.6. The minimum Gasteiger partial charge on any atom is -0.464 e. The zero-order valence-electron chi connectivity index (χ0n) is 15.7. The first-order chi connectivity index (χ1) is 12.9. The predicted molar refractivity (Wildman–Crippen MR) is 97.3 cm³/mol. The molecule has 9 heteroatoms. The number of hydrogen-bond acceptors (Lipinski definition) is 7. The first-order valence-corrected chi connectivity index (χ1v) is 8.64. The van der Waals surface area contributed by atoms with Gasteiger partial charge in [0.1, 0.15) is 17.1 Å². The molecule has 2 aromatic heterocycles. The van der Waals surface area contributed by atoms with Gasteiger partial charge in [0, 0.05) is 12.0 Å². The maximum absolute atomic E-state index is 12.6. The Hall–Kier alpha value is -3.07. The number of nitrogens with one attached hydrogen (secondary N) is 1. The maximum atomic E-state index is 12.6. The number of methoxy groups -OCH3 is 1. The van der Waals surface area contributed by atoms with E-state index in [9.17, 15) is 9.90 Å². The normalized spacial score (nSPS) is 11.6. The second kappa shape index (κ2) is 7.28. The summed E-state index contributed by atoms with van der Waals surface area (Å²) in [6, 6.07) is 7.37. The summed E-state index contributed by atoms with van der Waals surface area (Å²) in [7, 11) is 1.30. The van der Waals surface area contributed by atoms with Gasteiger partial charge in [-0.15, -0.1) is 10.2 Å². The number of carbonyl (C=O) groups excluding carboxylic acids is 1. The van der Waals surface area contributed by atoms with Gasteiger partial charge in [0.25, 0.3) is 0 Å². The second-order valence-electron chi connectivity index (χ2n) is 6.61. The smallest absolute Gasteiger partial charge is 0.357 e. The fourth-order valence-corrected chi connectivity index (χ4v) is 2.96. The number of imidazole rings is 1. The summed E-state index contributed by atoms with van der Waals surface area (Å²) < 4.78 is 6.71. The molecule has 0 radical (unpaired) electrons. The van der Waals surface area contributed by atoms with Crippen LogP contribution in [0.5, 0.6) is 0 Å². The number of aromatic nitrogens is 6. The van der Waals surface area contributed by atoms with E-state index in [2.05, 4.69) is 25.6 Å². The van der Waals surface area contributed by atoms with Gasteiger partial charge in [-0.05, 0) is 37.6 Å². The molecular formula is C18H22N6O3. The summed E-state index contributed by atoms with van der Waals surface area (Å²) in [5.41, 5.74) is 0.461. The molecule has 0 atom stereocenters. The third-order valence-corrected chi connectivity index (χ3v) is 4.11. The predicted octanol–water partition coefficient (Wildman–Crippen LogP) is 2.02. The van der Waals surface area contributed by atoms with Gasteiger partial charge in [-0.25, -0.2) is 9.78 Å². The minimum absolute atomic E-state index is 0.185. The number of carbonyl (C=O) groups is 1. The highest BCUT2D eigenvalue weighted by Crippen LogP contribution is 2.32. The number of aliphatic hydroxyl groups is 1. The zero-order valence-corrected chi connectivity index (χ0v) is 15.7. The van der Waals surface area contributed by atoms with Crippen molar-refractivity contribution in [1.29, 1.82) is 0 Å². The highest BCUT2D eigenvalue weighted by Gasteiger charge is 2.33. The van der Waals surface area contributed by atoms with Crippen molar-refractivity contribution >= 4 is 5.97 Å². The van der Waals surface area contributed by atoms with E-state index < -0.39 is 11.6 Å². The largest absolute Gasteiger partial charge is 0.464 e. The molecule has 1 aromatic carbocycles. The maximum Gasteiger partial charge on any atom is 0.357 e. The van der Waals surface area contributed by atoms with Gasteiger partial charge in [0.15, 0.2) is 5.69 Å². The van der Waals surface area contributed by atoms with Crippen LogP contribution in [-0.4, -0.2) is 48.4 Å². The van der Waals surface area contributed by atoms with Crippen LogP contribution >= 0.6 is 0 Å². The van der Waals surface area contributed by atoms with Crippen LogP contribution in [0.1, 0.15) is 49.2 Å². The number of para-hydroxylation sites is 1. The van der Waals surface area contributed by atoms with Gasteiger partial charge in [-0.2, -0.15) is 5.21 Å². The molecule has 0 fully saturated rings. The number of aryl methyl sites for hydroxylation is 1. The van der Waals surface area contributed by atoms with Crippen molar-refractivity contribution < 1.29 is 14.6 Å². The number of tetrazole rings is 1. The number of aromatic amines is 1. The van der Waals surface area contributed by atoms with Crippen molar-refractivity contribution in [3.63, 3.8) is 0 Å². The van der Waals surface area contributed by atoms with Gasteiger partial charge in [0.2, 0.25) is 5.82 Å². The van der Waals surface area contributed by atoms with Gasteiger partial charge in [-0.3, -0.25) is 4.57 Å². The lowest BCUT2D eigenvalue weighted by Crippen LogP contribution is -2.22. The molecule has 0 aliphatic carbocycles. The van der Waals surface area contributed by atoms with E-state index in [1.54, 1.807) is 18.4 Å². The molecule has 2 heterocycles. The van der Waals surface area contributed by atoms with Gasteiger partial charge < -0.3 is 9.84 Å². The monoisotopic (exact) mass is 370 g/mol. The quantitative estimate of drug-likeness (QED) is 0.637. The molecule has 0 saturated carbocycles. The van der Waals surface area contributed by atoms with Crippen LogP contribution < -0.4 is 0 Å². The number of hydrogen-bond donors (Lipinski definition) is 2. The molecule has 0 spiro atoms. The van der Waals surface area contributed by atoms with E-state index in [4.69, 9.17) is 4.74 Å². The molecular weight excluding hydrogens is 348 g/mol. The number of ether oxygens (including phenoxy) is 1. The van der Waals surface area contributed by atoms with Crippen LogP contribution in [0.4, 0.5) is 0 Å². The number of benzene rings is 1. The Morgan fingerprint density at radius 1 is 1.33 bits per heavy atom. The Kier molecular flexibility index (Phi) is 5.04. The van der Waals surface area contributed by atoms with Crippen molar-refractivity contribution in [3.8, 4) is 17.1 Å². The SMILES string of the molecule is CCCc1nc(C(C)(C)O)c(C(=O)OC)n1-c1ccccc1-c1nn[nH]n1. The van der Waals surface area contributed by atoms with Crippen LogP contribution in [0.25, 0.3) is 17.1 Å². The first-order valence-electron chi connectivity index (χ1n) is 8.64. The van der Waals surface area contributed by atoms with Gasteiger partial charge in [-0.1, -0.05) is 19.1 Å². The summed E-state index contributed by atoms with van der Waals surface area (Å²) in [5.74, 6) is 0.457. The molecule has 9 nitrogen and oxygen atoms in total. The summed E-state index contributed by atoms with van der Waals surface area (Å²) in [6.45, 7) is 5.20.